The van der Waals surface area contributed by atoms with Crippen molar-refractivity contribution in [3.63, 3.8) is 0 Å². The molecule has 0 fully saturated rings. The van der Waals surface area contributed by atoms with Crippen LogP contribution in [0.5, 0.6) is 0 Å². The van der Waals surface area contributed by atoms with E-state index < -0.39 is 0 Å². The molecule has 21 heavy (non-hydrogen) atoms. The van der Waals surface area contributed by atoms with Crippen molar-refractivity contribution in [2.45, 2.75) is 19.5 Å². The van der Waals surface area contributed by atoms with Crippen LogP contribution in [0.1, 0.15) is 23.2 Å². The molecule has 0 aliphatic carbocycles. The first-order valence-electron chi connectivity index (χ1n) is 7.05. The first-order valence-corrected chi connectivity index (χ1v) is 7.05. The number of hydrogen-bond acceptors (Lipinski definition) is 3. The van der Waals surface area contributed by atoms with Gasteiger partial charge in [0.2, 0.25) is 0 Å². The van der Waals surface area contributed by atoms with Crippen LogP contribution in [0.3, 0.4) is 0 Å². The second-order valence-electron chi connectivity index (χ2n) is 4.97. The lowest BCUT2D eigenvalue weighted by molar-refractivity contribution is 0.305. The Morgan fingerprint density at radius 2 is 1.90 bits per heavy atom. The van der Waals surface area contributed by atoms with Gasteiger partial charge >= 0.3 is 0 Å². The van der Waals surface area contributed by atoms with E-state index in [1.165, 1.54) is 5.56 Å². The molecule has 0 aliphatic heterocycles. The highest BCUT2D eigenvalue weighted by Gasteiger charge is 2.02. The Kier molecular flexibility index (Phi) is 5.96. The minimum Gasteiger partial charge on any atom is -0.395 e. The summed E-state index contributed by atoms with van der Waals surface area (Å²) in [4.78, 5) is 6.57. The van der Waals surface area contributed by atoms with Gasteiger partial charge in [-0.3, -0.25) is 9.88 Å². The lowest BCUT2D eigenvalue weighted by Crippen LogP contribution is -2.17. The Morgan fingerprint density at radius 3 is 2.57 bits per heavy atom. The number of nitrogens with zero attached hydrogens (tertiary/aromatic N) is 2. The monoisotopic (exact) mass is 280 g/mol. The van der Waals surface area contributed by atoms with Gasteiger partial charge in [0.15, 0.2) is 0 Å². The lowest BCUT2D eigenvalue weighted by Gasteiger charge is -2.16. The third-order valence-electron chi connectivity index (χ3n) is 3.03. The maximum Gasteiger partial charge on any atom is 0.0543 e. The van der Waals surface area contributed by atoms with E-state index in [9.17, 15) is 0 Å². The number of aliphatic hydroxyl groups excluding tert-OH is 1. The van der Waals surface area contributed by atoms with E-state index in [4.69, 9.17) is 5.11 Å². The van der Waals surface area contributed by atoms with Crippen LogP contribution in [0.25, 0.3) is 0 Å². The molecule has 0 bridgehead atoms. The topological polar surface area (TPSA) is 36.4 Å². The summed E-state index contributed by atoms with van der Waals surface area (Å²) < 4.78 is 0. The minimum atomic E-state index is 0.114. The summed E-state index contributed by atoms with van der Waals surface area (Å²) in [5.41, 5.74) is 3.31. The third kappa shape index (κ3) is 5.39. The van der Waals surface area contributed by atoms with Gasteiger partial charge < -0.3 is 5.11 Å². The summed E-state index contributed by atoms with van der Waals surface area (Å²) in [6.07, 6.45) is 2.34. The fourth-order valence-electron chi connectivity index (χ4n) is 2.05. The number of benzene rings is 1. The fourth-order valence-corrected chi connectivity index (χ4v) is 2.05. The molecule has 1 N–H and O–H groups in total. The van der Waals surface area contributed by atoms with Crippen LogP contribution in [0.15, 0.2) is 48.7 Å². The number of pyridine rings is 1. The predicted octanol–water partition coefficient (Wildman–Crippen LogP) is 2.45. The van der Waals surface area contributed by atoms with Gasteiger partial charge in [0.25, 0.3) is 0 Å². The molecule has 0 radical (unpaired) electrons. The molecule has 0 saturated heterocycles. The van der Waals surface area contributed by atoms with Crippen molar-refractivity contribution in [2.75, 3.05) is 13.7 Å². The normalized spacial score (nSPS) is 10.2. The van der Waals surface area contributed by atoms with Crippen LogP contribution in [0.4, 0.5) is 0 Å². The summed E-state index contributed by atoms with van der Waals surface area (Å²) in [5.74, 6) is 5.96. The first-order chi connectivity index (χ1) is 10.3. The van der Waals surface area contributed by atoms with Gasteiger partial charge in [0.05, 0.1) is 12.3 Å². The second-order valence-corrected chi connectivity index (χ2v) is 4.97. The van der Waals surface area contributed by atoms with Crippen molar-refractivity contribution in [1.82, 2.24) is 9.88 Å². The quantitative estimate of drug-likeness (QED) is 0.855. The summed E-state index contributed by atoms with van der Waals surface area (Å²) in [7, 11) is 2.09. The van der Waals surface area contributed by atoms with E-state index in [1.54, 1.807) is 0 Å². The minimum absolute atomic E-state index is 0.114. The van der Waals surface area contributed by atoms with Gasteiger partial charge in [-0.1, -0.05) is 30.0 Å². The summed E-state index contributed by atoms with van der Waals surface area (Å²) in [6, 6.07) is 14.2. The first kappa shape index (κ1) is 15.2. The molecule has 0 atom stereocenters. The highest BCUT2D eigenvalue weighted by Crippen LogP contribution is 2.08. The average Bonchev–Trinajstić information content (AvgIpc) is 2.50. The Morgan fingerprint density at radius 1 is 1.10 bits per heavy atom. The molecule has 0 spiro atoms. The zero-order valence-electron chi connectivity index (χ0n) is 12.3. The molecule has 3 heteroatoms. The molecule has 1 aromatic carbocycles. The molecule has 3 nitrogen and oxygen atoms in total. The van der Waals surface area contributed by atoms with Gasteiger partial charge in [-0.25, -0.2) is 0 Å². The number of aromatic nitrogens is 1. The molecule has 0 saturated carbocycles. The number of aliphatic hydroxyl groups is 1. The number of hydrogen-bond donors (Lipinski definition) is 1. The van der Waals surface area contributed by atoms with Crippen molar-refractivity contribution in [2.24, 2.45) is 0 Å². The zero-order valence-corrected chi connectivity index (χ0v) is 12.3. The van der Waals surface area contributed by atoms with E-state index >= 15 is 0 Å². The third-order valence-corrected chi connectivity index (χ3v) is 3.03. The zero-order chi connectivity index (χ0) is 14.9. The second kappa shape index (κ2) is 8.21. The number of rotatable bonds is 5. The van der Waals surface area contributed by atoms with Crippen molar-refractivity contribution in [1.29, 1.82) is 0 Å². The molecule has 108 valence electrons. The van der Waals surface area contributed by atoms with Crippen LogP contribution in [-0.4, -0.2) is 28.6 Å². The van der Waals surface area contributed by atoms with E-state index in [-0.39, 0.29) is 6.61 Å². The van der Waals surface area contributed by atoms with Crippen LogP contribution >= 0.6 is 0 Å². The van der Waals surface area contributed by atoms with Gasteiger partial charge in [0, 0.05) is 31.3 Å². The summed E-state index contributed by atoms with van der Waals surface area (Å²) in [5, 5.41) is 8.70. The molecule has 2 rings (SSSR count). The molecule has 2 aromatic rings. The largest absolute Gasteiger partial charge is 0.395 e. The van der Waals surface area contributed by atoms with E-state index in [0.717, 1.165) is 24.3 Å². The van der Waals surface area contributed by atoms with Crippen molar-refractivity contribution < 1.29 is 5.11 Å². The standard InChI is InChI=1S/C18H20N2O/c1-20(15-18-7-2-4-12-19-18)14-17-10-8-16(9-11-17)6-3-5-13-21/h2,4,7-12,21H,5,13-15H2,1H3. The van der Waals surface area contributed by atoms with Crippen molar-refractivity contribution in [3.8, 4) is 11.8 Å². The predicted molar refractivity (Wildman–Crippen MR) is 84.4 cm³/mol. The fraction of sp³-hybridized carbons (Fsp3) is 0.278. The summed E-state index contributed by atoms with van der Waals surface area (Å²) in [6.45, 7) is 1.82. The Bertz CT molecular complexity index is 597. The molecular weight excluding hydrogens is 260 g/mol. The van der Waals surface area contributed by atoms with Crippen LogP contribution in [0, 0.1) is 11.8 Å². The highest BCUT2D eigenvalue weighted by atomic mass is 16.2. The van der Waals surface area contributed by atoms with Gasteiger partial charge in [-0.15, -0.1) is 0 Å². The van der Waals surface area contributed by atoms with Crippen LogP contribution in [0.2, 0.25) is 0 Å². The Hall–Kier alpha value is -2.15. The van der Waals surface area contributed by atoms with Crippen LogP contribution in [-0.2, 0) is 13.1 Å². The SMILES string of the molecule is CN(Cc1ccc(C#CCCO)cc1)Cc1ccccn1. The van der Waals surface area contributed by atoms with Gasteiger partial charge in [-0.2, -0.15) is 0 Å². The molecule has 0 unspecified atom stereocenters. The maximum atomic E-state index is 8.70. The Balaban J connectivity index is 1.90. The molecule has 1 aromatic heterocycles. The molecule has 1 heterocycles. The smallest absolute Gasteiger partial charge is 0.0543 e. The summed E-state index contributed by atoms with van der Waals surface area (Å²) >= 11 is 0. The van der Waals surface area contributed by atoms with Gasteiger partial charge in [0.1, 0.15) is 0 Å². The van der Waals surface area contributed by atoms with E-state index in [0.29, 0.717) is 6.42 Å². The van der Waals surface area contributed by atoms with Crippen molar-refractivity contribution in [3.05, 3.63) is 65.5 Å². The van der Waals surface area contributed by atoms with Gasteiger partial charge in [-0.05, 0) is 36.9 Å². The Labute approximate surface area is 126 Å². The van der Waals surface area contributed by atoms with Crippen LogP contribution < -0.4 is 0 Å². The van der Waals surface area contributed by atoms with E-state index in [2.05, 4.69) is 40.9 Å². The molecular formula is C18H20N2O. The lowest BCUT2D eigenvalue weighted by atomic mass is 10.1. The maximum absolute atomic E-state index is 8.70. The average molecular weight is 280 g/mol. The van der Waals surface area contributed by atoms with Crippen molar-refractivity contribution >= 4 is 0 Å². The van der Waals surface area contributed by atoms with E-state index in [1.807, 2.05) is 36.5 Å². The molecule has 0 amide bonds. The molecule has 0 aliphatic rings. The highest BCUT2D eigenvalue weighted by molar-refractivity contribution is 5.36.